The number of aromatic nitrogens is 2. The summed E-state index contributed by atoms with van der Waals surface area (Å²) in [5, 5.41) is 6.74. The summed E-state index contributed by atoms with van der Waals surface area (Å²) in [5.74, 6) is -1.14. The number of benzene rings is 1. The zero-order valence-corrected chi connectivity index (χ0v) is 17.9. The summed E-state index contributed by atoms with van der Waals surface area (Å²) < 4.78 is 20.8. The predicted octanol–water partition coefficient (Wildman–Crippen LogP) is 1.70. The number of aryl methyl sites for hydroxylation is 1. The monoisotopic (exact) mass is 431 g/mol. The van der Waals surface area contributed by atoms with Crippen molar-refractivity contribution in [1.82, 2.24) is 14.7 Å². The van der Waals surface area contributed by atoms with Crippen LogP contribution in [0.3, 0.4) is 0 Å². The molecule has 1 aliphatic rings. The van der Waals surface area contributed by atoms with Gasteiger partial charge < -0.3 is 15.0 Å². The molecule has 31 heavy (non-hydrogen) atoms. The minimum absolute atomic E-state index is 0.132. The highest BCUT2D eigenvalue weighted by molar-refractivity contribution is 6.00. The number of nitrogens with zero attached hydrogens (tertiary/aromatic N) is 4. The van der Waals surface area contributed by atoms with Crippen molar-refractivity contribution in [3.8, 4) is 0 Å². The van der Waals surface area contributed by atoms with Crippen LogP contribution in [0.5, 0.6) is 0 Å². The molecule has 1 N–H and O–H groups in total. The molecule has 2 aromatic rings. The van der Waals surface area contributed by atoms with Gasteiger partial charge in [-0.3, -0.25) is 19.2 Å². The van der Waals surface area contributed by atoms with Crippen LogP contribution < -0.4 is 10.2 Å². The first-order valence-electron chi connectivity index (χ1n) is 10.1. The Bertz CT molecular complexity index is 982. The lowest BCUT2D eigenvalue weighted by Gasteiger charge is -2.35. The van der Waals surface area contributed by atoms with Gasteiger partial charge in [0.25, 0.3) is 0 Å². The number of rotatable bonds is 7. The molecule has 1 amide bonds. The summed E-state index contributed by atoms with van der Waals surface area (Å²) in [6.07, 6.45) is 1.36. The zero-order valence-electron chi connectivity index (χ0n) is 17.9. The van der Waals surface area contributed by atoms with Gasteiger partial charge in [0.05, 0.1) is 25.0 Å². The maximum absolute atomic E-state index is 14.4. The predicted molar refractivity (Wildman–Crippen MR) is 113 cm³/mol. The number of carbonyl (C=O) groups excluding carboxylic acids is 3. The molecule has 9 nitrogen and oxygen atoms in total. The van der Waals surface area contributed by atoms with Crippen LogP contribution in [-0.2, 0) is 16.6 Å². The van der Waals surface area contributed by atoms with Gasteiger partial charge in [-0.2, -0.15) is 5.10 Å². The van der Waals surface area contributed by atoms with Crippen LogP contribution in [0, 0.1) is 5.82 Å². The number of amides is 1. The number of ether oxygens (including phenoxy) is 1. The van der Waals surface area contributed by atoms with E-state index in [9.17, 15) is 18.8 Å². The first kappa shape index (κ1) is 22.4. The molecule has 1 aromatic heterocycles. The van der Waals surface area contributed by atoms with E-state index in [0.717, 1.165) is 0 Å². The standard InChI is InChI=1S/C21H26FN5O4/c1-4-31-21(30)16-12-23-25(3)20(16)24-19(29)13-26-7-9-27(10-8-26)18-6-5-15(14(2)28)11-17(18)22/h5-6,11-12H,4,7-10,13H2,1-3H3,(H,24,29). The molecule has 1 fully saturated rings. The van der Waals surface area contributed by atoms with Gasteiger partial charge in [-0.05, 0) is 32.0 Å². The van der Waals surface area contributed by atoms with Crippen molar-refractivity contribution in [3.63, 3.8) is 0 Å². The highest BCUT2D eigenvalue weighted by Crippen LogP contribution is 2.22. The normalized spacial score (nSPS) is 14.4. The molecule has 3 rings (SSSR count). The number of carbonyl (C=O) groups is 3. The Morgan fingerprint density at radius 3 is 2.52 bits per heavy atom. The van der Waals surface area contributed by atoms with Gasteiger partial charge in [0.1, 0.15) is 17.2 Å². The zero-order chi connectivity index (χ0) is 22.5. The SMILES string of the molecule is CCOC(=O)c1cnn(C)c1NC(=O)CN1CCN(c2ccc(C(C)=O)cc2F)CC1. The first-order chi connectivity index (χ1) is 14.8. The van der Waals surface area contributed by atoms with E-state index >= 15 is 0 Å². The third-order valence-corrected chi connectivity index (χ3v) is 5.13. The van der Waals surface area contributed by atoms with E-state index in [1.165, 1.54) is 23.9 Å². The molecular formula is C21H26FN5O4. The second-order valence-corrected chi connectivity index (χ2v) is 7.28. The van der Waals surface area contributed by atoms with Gasteiger partial charge in [0, 0.05) is 38.8 Å². The summed E-state index contributed by atoms with van der Waals surface area (Å²) >= 11 is 0. The molecule has 166 valence electrons. The van der Waals surface area contributed by atoms with Crippen LogP contribution in [0.4, 0.5) is 15.9 Å². The molecule has 0 unspecified atom stereocenters. The molecule has 1 aromatic carbocycles. The number of anilines is 2. The molecule has 10 heteroatoms. The van der Waals surface area contributed by atoms with E-state index in [1.807, 2.05) is 9.80 Å². The lowest BCUT2D eigenvalue weighted by Crippen LogP contribution is -2.49. The quantitative estimate of drug-likeness (QED) is 0.526. The van der Waals surface area contributed by atoms with E-state index in [-0.39, 0.29) is 36.2 Å². The van der Waals surface area contributed by atoms with E-state index in [0.29, 0.717) is 37.4 Å². The summed E-state index contributed by atoms with van der Waals surface area (Å²) in [7, 11) is 1.63. The van der Waals surface area contributed by atoms with Crippen molar-refractivity contribution in [2.45, 2.75) is 13.8 Å². The molecule has 0 spiro atoms. The maximum Gasteiger partial charge on any atom is 0.343 e. The summed E-state index contributed by atoms with van der Waals surface area (Å²) in [6, 6.07) is 4.50. The third-order valence-electron chi connectivity index (χ3n) is 5.13. The fourth-order valence-corrected chi connectivity index (χ4v) is 3.45. The Morgan fingerprint density at radius 1 is 1.19 bits per heavy atom. The van der Waals surface area contributed by atoms with Crippen LogP contribution in [0.1, 0.15) is 34.6 Å². The van der Waals surface area contributed by atoms with Crippen molar-refractivity contribution in [2.75, 3.05) is 49.5 Å². The molecule has 0 radical (unpaired) electrons. The number of piperazine rings is 1. The van der Waals surface area contributed by atoms with E-state index < -0.39 is 11.8 Å². The maximum atomic E-state index is 14.4. The fraction of sp³-hybridized carbons (Fsp3) is 0.429. The smallest absolute Gasteiger partial charge is 0.343 e. The van der Waals surface area contributed by atoms with Crippen LogP contribution in [0.15, 0.2) is 24.4 Å². The van der Waals surface area contributed by atoms with Gasteiger partial charge in [0.15, 0.2) is 5.78 Å². The van der Waals surface area contributed by atoms with Crippen LogP contribution in [0.2, 0.25) is 0 Å². The molecular weight excluding hydrogens is 405 g/mol. The van der Waals surface area contributed by atoms with Crippen molar-refractivity contribution < 1.29 is 23.5 Å². The van der Waals surface area contributed by atoms with Crippen LogP contribution in [-0.4, -0.2) is 71.7 Å². The van der Waals surface area contributed by atoms with E-state index in [1.54, 1.807) is 26.1 Å². The highest BCUT2D eigenvalue weighted by atomic mass is 19.1. The molecule has 1 aliphatic heterocycles. The summed E-state index contributed by atoms with van der Waals surface area (Å²) in [5.41, 5.74) is 0.990. The number of nitrogens with one attached hydrogen (secondary N) is 1. The summed E-state index contributed by atoms with van der Waals surface area (Å²) in [4.78, 5) is 39.8. The number of Topliss-reactive ketones (excluding diaryl/α,β-unsaturated/α-hetero) is 1. The molecule has 0 saturated carbocycles. The average Bonchev–Trinajstić information content (AvgIpc) is 3.09. The van der Waals surface area contributed by atoms with Crippen molar-refractivity contribution in [3.05, 3.63) is 41.3 Å². The number of hydrogen-bond acceptors (Lipinski definition) is 7. The fourth-order valence-electron chi connectivity index (χ4n) is 3.45. The minimum Gasteiger partial charge on any atom is -0.462 e. The van der Waals surface area contributed by atoms with Crippen molar-refractivity contribution in [2.24, 2.45) is 7.05 Å². The van der Waals surface area contributed by atoms with E-state index in [2.05, 4.69) is 10.4 Å². The van der Waals surface area contributed by atoms with Crippen molar-refractivity contribution in [1.29, 1.82) is 0 Å². The minimum atomic E-state index is -0.544. The number of hydrogen-bond donors (Lipinski definition) is 1. The number of esters is 1. The Morgan fingerprint density at radius 2 is 1.90 bits per heavy atom. The number of ketones is 1. The molecule has 1 saturated heterocycles. The van der Waals surface area contributed by atoms with Crippen LogP contribution >= 0.6 is 0 Å². The largest absolute Gasteiger partial charge is 0.462 e. The topological polar surface area (TPSA) is 96.8 Å². The Labute approximate surface area is 179 Å². The summed E-state index contributed by atoms with van der Waals surface area (Å²) in [6.45, 7) is 5.69. The highest BCUT2D eigenvalue weighted by Gasteiger charge is 2.23. The number of halogens is 1. The lowest BCUT2D eigenvalue weighted by atomic mass is 10.1. The van der Waals surface area contributed by atoms with E-state index in [4.69, 9.17) is 4.74 Å². The lowest BCUT2D eigenvalue weighted by molar-refractivity contribution is -0.117. The first-order valence-corrected chi connectivity index (χ1v) is 10.1. The van der Waals surface area contributed by atoms with Gasteiger partial charge in [-0.25, -0.2) is 9.18 Å². The van der Waals surface area contributed by atoms with Gasteiger partial charge in [-0.1, -0.05) is 0 Å². The second kappa shape index (κ2) is 9.69. The van der Waals surface area contributed by atoms with Gasteiger partial charge in [0.2, 0.25) is 5.91 Å². The Balaban J connectivity index is 1.56. The molecule has 0 atom stereocenters. The van der Waals surface area contributed by atoms with Crippen molar-refractivity contribution >= 4 is 29.2 Å². The Kier molecular flexibility index (Phi) is 7.01. The third kappa shape index (κ3) is 5.26. The second-order valence-electron chi connectivity index (χ2n) is 7.28. The average molecular weight is 431 g/mol. The molecule has 0 aliphatic carbocycles. The molecule has 0 bridgehead atoms. The molecule has 2 heterocycles. The Hall–Kier alpha value is -3.27. The van der Waals surface area contributed by atoms with Gasteiger partial charge >= 0.3 is 5.97 Å². The van der Waals surface area contributed by atoms with Crippen LogP contribution in [0.25, 0.3) is 0 Å². The van der Waals surface area contributed by atoms with Gasteiger partial charge in [-0.15, -0.1) is 0 Å².